The van der Waals surface area contributed by atoms with Gasteiger partial charge in [0.05, 0.1) is 0 Å². The monoisotopic (exact) mass is 436 g/mol. The maximum absolute atomic E-state index is 14.8. The van der Waals surface area contributed by atoms with Gasteiger partial charge in [-0.15, -0.1) is 0 Å². The highest BCUT2D eigenvalue weighted by molar-refractivity contribution is 5.88. The van der Waals surface area contributed by atoms with Gasteiger partial charge in [-0.1, -0.05) is 19.7 Å². The van der Waals surface area contributed by atoms with Crippen LogP contribution in [-0.2, 0) is 28.6 Å². The Kier molecular flexibility index (Phi) is 8.60. The third-order valence-electron chi connectivity index (χ3n) is 5.93. The molecule has 0 aromatic carbocycles. The zero-order valence-electron chi connectivity index (χ0n) is 18.7. The highest BCUT2D eigenvalue weighted by Gasteiger charge is 2.41. The molecule has 2 fully saturated rings. The molecule has 7 heteroatoms. The molecular weight excluding hydrogens is 403 g/mol. The van der Waals surface area contributed by atoms with Gasteiger partial charge in [-0.05, 0) is 64.7 Å². The van der Waals surface area contributed by atoms with Crippen molar-refractivity contribution in [2.75, 3.05) is 0 Å². The average Bonchev–Trinajstić information content (AvgIpc) is 2.68. The molecule has 0 amide bonds. The van der Waals surface area contributed by atoms with Crippen molar-refractivity contribution >= 4 is 17.9 Å². The number of carbonyl (C=O) groups excluding carboxylic acids is 3. The number of esters is 3. The van der Waals surface area contributed by atoms with Gasteiger partial charge in [0.15, 0.2) is 0 Å². The van der Waals surface area contributed by atoms with Crippen LogP contribution in [-0.4, -0.2) is 42.4 Å². The molecular formula is C24H33FO6. The summed E-state index contributed by atoms with van der Waals surface area (Å²) in [6.45, 7) is 15.4. The Bertz CT molecular complexity index is 721. The van der Waals surface area contributed by atoms with Crippen LogP contribution in [0.25, 0.3) is 0 Å². The van der Waals surface area contributed by atoms with E-state index in [0.717, 1.165) is 0 Å². The Morgan fingerprint density at radius 1 is 0.677 bits per heavy atom. The van der Waals surface area contributed by atoms with Crippen molar-refractivity contribution in [1.82, 2.24) is 0 Å². The Morgan fingerprint density at radius 2 is 1.13 bits per heavy atom. The summed E-state index contributed by atoms with van der Waals surface area (Å²) in [5.41, 5.74) is 0.827. The van der Waals surface area contributed by atoms with Crippen LogP contribution in [0, 0.1) is 11.8 Å². The lowest BCUT2D eigenvalue weighted by atomic mass is 9.71. The lowest BCUT2D eigenvalue weighted by Gasteiger charge is -2.41. The summed E-state index contributed by atoms with van der Waals surface area (Å²) in [7, 11) is 0. The summed E-state index contributed by atoms with van der Waals surface area (Å²) in [4.78, 5) is 35.8. The molecule has 2 rings (SSSR count). The van der Waals surface area contributed by atoms with E-state index >= 15 is 0 Å². The number of hydrogen-bond donors (Lipinski definition) is 0. The standard InChI is InChI=1S/C24H33FO6/c1-13(2)22(26)29-18-9-17(10-19(12-18)30-23(27)14(3)4)16-7-8-21(20(25)11-16)31-24(28)15(5)6/h16-21H,1,3,5,7-12H2,2,4,6H3. The van der Waals surface area contributed by atoms with E-state index in [2.05, 4.69) is 19.7 Å². The summed E-state index contributed by atoms with van der Waals surface area (Å²) in [6, 6.07) is 0. The van der Waals surface area contributed by atoms with Crippen LogP contribution >= 0.6 is 0 Å². The predicted molar refractivity (Wildman–Crippen MR) is 114 cm³/mol. The molecule has 0 N–H and O–H groups in total. The number of alkyl halides is 1. The number of halogens is 1. The van der Waals surface area contributed by atoms with E-state index in [-0.39, 0.29) is 23.8 Å². The van der Waals surface area contributed by atoms with Crippen LogP contribution in [0.3, 0.4) is 0 Å². The van der Waals surface area contributed by atoms with E-state index in [1.165, 1.54) is 6.92 Å². The summed E-state index contributed by atoms with van der Waals surface area (Å²) in [5, 5.41) is 0. The summed E-state index contributed by atoms with van der Waals surface area (Å²) >= 11 is 0. The molecule has 2 aliphatic carbocycles. The van der Waals surface area contributed by atoms with E-state index in [1.54, 1.807) is 13.8 Å². The van der Waals surface area contributed by atoms with Gasteiger partial charge in [0.2, 0.25) is 0 Å². The highest BCUT2D eigenvalue weighted by atomic mass is 19.1. The van der Waals surface area contributed by atoms with E-state index in [4.69, 9.17) is 14.2 Å². The van der Waals surface area contributed by atoms with Gasteiger partial charge >= 0.3 is 17.9 Å². The fraction of sp³-hybridized carbons (Fsp3) is 0.625. The maximum atomic E-state index is 14.8. The molecule has 0 aliphatic heterocycles. The van der Waals surface area contributed by atoms with E-state index in [0.29, 0.717) is 43.3 Å². The van der Waals surface area contributed by atoms with Crippen molar-refractivity contribution in [3.05, 3.63) is 36.5 Å². The smallest absolute Gasteiger partial charge is 0.333 e. The molecule has 0 aromatic rings. The first-order valence-corrected chi connectivity index (χ1v) is 10.7. The van der Waals surface area contributed by atoms with E-state index in [9.17, 15) is 18.8 Å². The molecule has 5 atom stereocenters. The second-order valence-electron chi connectivity index (χ2n) is 8.90. The van der Waals surface area contributed by atoms with Crippen molar-refractivity contribution in [2.45, 2.75) is 83.8 Å². The van der Waals surface area contributed by atoms with Crippen LogP contribution in [0.5, 0.6) is 0 Å². The number of rotatable bonds is 7. The molecule has 5 unspecified atom stereocenters. The molecule has 172 valence electrons. The minimum absolute atomic E-state index is 0.00661. The largest absolute Gasteiger partial charge is 0.459 e. The normalized spacial score (nSPS) is 30.6. The Balaban J connectivity index is 2.06. The third kappa shape index (κ3) is 7.04. The van der Waals surface area contributed by atoms with Crippen LogP contribution < -0.4 is 0 Å². The molecule has 31 heavy (non-hydrogen) atoms. The Morgan fingerprint density at radius 3 is 1.55 bits per heavy atom. The topological polar surface area (TPSA) is 78.9 Å². The van der Waals surface area contributed by atoms with Crippen molar-refractivity contribution in [3.8, 4) is 0 Å². The number of ether oxygens (including phenoxy) is 3. The van der Waals surface area contributed by atoms with Gasteiger partial charge in [-0.3, -0.25) is 0 Å². The summed E-state index contributed by atoms with van der Waals surface area (Å²) in [6.07, 6.45) is -0.113. The zero-order valence-corrected chi connectivity index (χ0v) is 18.7. The third-order valence-corrected chi connectivity index (χ3v) is 5.93. The van der Waals surface area contributed by atoms with Crippen LogP contribution in [0.15, 0.2) is 36.5 Å². The molecule has 2 saturated carbocycles. The van der Waals surface area contributed by atoms with Crippen LogP contribution in [0.2, 0.25) is 0 Å². The highest BCUT2D eigenvalue weighted by Crippen LogP contribution is 2.41. The zero-order chi connectivity index (χ0) is 23.3. The molecule has 0 bridgehead atoms. The quantitative estimate of drug-likeness (QED) is 0.335. The minimum atomic E-state index is -1.28. The molecule has 0 saturated heterocycles. The van der Waals surface area contributed by atoms with E-state index in [1.807, 2.05) is 0 Å². The maximum Gasteiger partial charge on any atom is 0.333 e. The first-order chi connectivity index (χ1) is 14.5. The molecule has 0 aromatic heterocycles. The summed E-state index contributed by atoms with van der Waals surface area (Å²) < 4.78 is 31.1. The second kappa shape index (κ2) is 10.7. The number of hydrogen-bond acceptors (Lipinski definition) is 6. The van der Waals surface area contributed by atoms with Crippen LogP contribution in [0.1, 0.15) is 59.3 Å². The van der Waals surface area contributed by atoms with Gasteiger partial charge in [-0.25, -0.2) is 18.8 Å². The fourth-order valence-electron chi connectivity index (χ4n) is 4.26. The molecule has 6 nitrogen and oxygen atoms in total. The van der Waals surface area contributed by atoms with Gasteiger partial charge < -0.3 is 14.2 Å². The first kappa shape index (κ1) is 24.8. The molecule has 0 spiro atoms. The Labute approximate surface area is 183 Å². The van der Waals surface area contributed by atoms with Crippen molar-refractivity contribution in [2.24, 2.45) is 11.8 Å². The molecule has 0 radical (unpaired) electrons. The number of carbonyl (C=O) groups is 3. The molecule has 0 heterocycles. The Hall–Kier alpha value is -2.44. The lowest BCUT2D eigenvalue weighted by molar-refractivity contribution is -0.158. The first-order valence-electron chi connectivity index (χ1n) is 10.7. The summed E-state index contributed by atoms with van der Waals surface area (Å²) in [5.74, 6) is -1.55. The van der Waals surface area contributed by atoms with Crippen molar-refractivity contribution in [1.29, 1.82) is 0 Å². The fourth-order valence-corrected chi connectivity index (χ4v) is 4.26. The van der Waals surface area contributed by atoms with Crippen molar-refractivity contribution in [3.63, 3.8) is 0 Å². The van der Waals surface area contributed by atoms with Gasteiger partial charge in [0.25, 0.3) is 0 Å². The average molecular weight is 437 g/mol. The second-order valence-corrected chi connectivity index (χ2v) is 8.90. The van der Waals surface area contributed by atoms with Gasteiger partial charge in [-0.2, -0.15) is 0 Å². The minimum Gasteiger partial charge on any atom is -0.459 e. The predicted octanol–water partition coefficient (Wildman–Crippen LogP) is 4.39. The van der Waals surface area contributed by atoms with E-state index < -0.39 is 42.4 Å². The lowest BCUT2D eigenvalue weighted by Crippen LogP contribution is -2.42. The van der Waals surface area contributed by atoms with Gasteiger partial charge in [0, 0.05) is 23.1 Å². The van der Waals surface area contributed by atoms with Crippen LogP contribution in [0.4, 0.5) is 4.39 Å². The van der Waals surface area contributed by atoms with Gasteiger partial charge in [0.1, 0.15) is 24.5 Å². The van der Waals surface area contributed by atoms with Crippen molar-refractivity contribution < 1.29 is 33.0 Å². The SMILES string of the molecule is C=C(C)C(=O)OC1CC(OC(=O)C(=C)C)CC(C2CCC(OC(=O)C(=C)C)C(F)C2)C1. The molecule has 2 aliphatic rings.